The second kappa shape index (κ2) is 7.14. The SMILES string of the molecule is CCn1cc([C@@H]2CS(=O)(=O)CCN2C(=O)Cc2ccc(F)c(F)c2)cn1. The molecule has 1 aromatic carbocycles. The molecular formula is C17H19F2N3O3S. The highest BCUT2D eigenvalue weighted by Crippen LogP contribution is 2.27. The molecule has 9 heteroatoms. The summed E-state index contributed by atoms with van der Waals surface area (Å²) in [4.78, 5) is 14.2. The van der Waals surface area contributed by atoms with Gasteiger partial charge in [0.1, 0.15) is 0 Å². The lowest BCUT2D eigenvalue weighted by Gasteiger charge is -2.35. The average molecular weight is 383 g/mol. The molecule has 0 bridgehead atoms. The third kappa shape index (κ3) is 3.92. The van der Waals surface area contributed by atoms with E-state index in [1.54, 1.807) is 17.1 Å². The minimum absolute atomic E-state index is 0.0623. The largest absolute Gasteiger partial charge is 0.333 e. The van der Waals surface area contributed by atoms with E-state index < -0.39 is 27.5 Å². The molecule has 26 heavy (non-hydrogen) atoms. The number of carbonyl (C=O) groups excluding carboxylic acids is 1. The standard InChI is InChI=1S/C17H19F2N3O3S/c1-2-21-10-13(9-20-21)16-11-26(24,25)6-5-22(16)17(23)8-12-3-4-14(18)15(19)7-12/h3-4,7,9-10,16H,2,5-6,8,11H2,1H3/t16-/m0/s1. The molecule has 2 heterocycles. The number of halogens is 2. The van der Waals surface area contributed by atoms with Crippen molar-refractivity contribution in [3.05, 3.63) is 53.4 Å². The van der Waals surface area contributed by atoms with E-state index >= 15 is 0 Å². The lowest BCUT2D eigenvalue weighted by Crippen LogP contribution is -2.46. The second-order valence-electron chi connectivity index (χ2n) is 6.27. The fourth-order valence-electron chi connectivity index (χ4n) is 3.03. The van der Waals surface area contributed by atoms with E-state index in [1.165, 1.54) is 11.0 Å². The molecule has 2 aromatic rings. The summed E-state index contributed by atoms with van der Waals surface area (Å²) in [6.07, 6.45) is 3.16. The van der Waals surface area contributed by atoms with E-state index in [1.807, 2.05) is 6.92 Å². The number of nitrogens with zero attached hydrogens (tertiary/aromatic N) is 3. The topological polar surface area (TPSA) is 72.3 Å². The minimum Gasteiger partial charge on any atom is -0.333 e. The van der Waals surface area contributed by atoms with Crippen molar-refractivity contribution in [2.75, 3.05) is 18.1 Å². The summed E-state index contributed by atoms with van der Waals surface area (Å²) in [6, 6.07) is 2.67. The first-order valence-corrected chi connectivity index (χ1v) is 10.1. The van der Waals surface area contributed by atoms with Crippen molar-refractivity contribution in [1.82, 2.24) is 14.7 Å². The summed E-state index contributed by atoms with van der Waals surface area (Å²) in [5.41, 5.74) is 0.985. The second-order valence-corrected chi connectivity index (χ2v) is 8.50. The highest BCUT2D eigenvalue weighted by atomic mass is 32.2. The molecule has 0 spiro atoms. The number of sulfone groups is 1. The van der Waals surface area contributed by atoms with Gasteiger partial charge in [0.2, 0.25) is 5.91 Å². The number of hydrogen-bond donors (Lipinski definition) is 0. The summed E-state index contributed by atoms with van der Waals surface area (Å²) in [6.45, 7) is 2.59. The predicted molar refractivity (Wildman–Crippen MR) is 91.1 cm³/mol. The molecule has 1 fully saturated rings. The zero-order valence-corrected chi connectivity index (χ0v) is 15.0. The van der Waals surface area contributed by atoms with E-state index in [0.717, 1.165) is 12.1 Å². The monoisotopic (exact) mass is 383 g/mol. The molecule has 1 atom stereocenters. The lowest BCUT2D eigenvalue weighted by atomic mass is 10.1. The van der Waals surface area contributed by atoms with E-state index in [9.17, 15) is 22.0 Å². The first-order chi connectivity index (χ1) is 12.3. The Bertz CT molecular complexity index is 927. The van der Waals surface area contributed by atoms with Crippen LogP contribution in [0.3, 0.4) is 0 Å². The predicted octanol–water partition coefficient (Wildman–Crippen LogP) is 1.72. The number of hydrogen-bond acceptors (Lipinski definition) is 4. The fraction of sp³-hybridized carbons (Fsp3) is 0.412. The van der Waals surface area contributed by atoms with Crippen LogP contribution < -0.4 is 0 Å². The molecule has 1 amide bonds. The van der Waals surface area contributed by atoms with Gasteiger partial charge in [-0.15, -0.1) is 0 Å². The van der Waals surface area contributed by atoms with Crippen molar-refractivity contribution in [3.63, 3.8) is 0 Å². The zero-order chi connectivity index (χ0) is 18.9. The highest BCUT2D eigenvalue weighted by molar-refractivity contribution is 7.91. The summed E-state index contributed by atoms with van der Waals surface area (Å²) < 4.78 is 52.2. The summed E-state index contributed by atoms with van der Waals surface area (Å²) in [5, 5.41) is 4.15. The Kier molecular flexibility index (Phi) is 5.08. The van der Waals surface area contributed by atoms with Gasteiger partial charge in [-0.1, -0.05) is 6.07 Å². The quantitative estimate of drug-likeness (QED) is 0.806. The van der Waals surface area contributed by atoms with Crippen molar-refractivity contribution in [3.8, 4) is 0 Å². The van der Waals surface area contributed by atoms with Crippen LogP contribution in [0.5, 0.6) is 0 Å². The van der Waals surface area contributed by atoms with Gasteiger partial charge in [0, 0.05) is 24.8 Å². The number of aromatic nitrogens is 2. The van der Waals surface area contributed by atoms with Gasteiger partial charge in [0.25, 0.3) is 0 Å². The molecule has 140 valence electrons. The highest BCUT2D eigenvalue weighted by Gasteiger charge is 2.35. The summed E-state index contributed by atoms with van der Waals surface area (Å²) >= 11 is 0. The number of aryl methyl sites for hydroxylation is 1. The van der Waals surface area contributed by atoms with Crippen LogP contribution in [0.15, 0.2) is 30.6 Å². The maximum absolute atomic E-state index is 13.4. The molecule has 0 N–H and O–H groups in total. The van der Waals surface area contributed by atoms with Crippen molar-refractivity contribution < 1.29 is 22.0 Å². The molecule has 0 saturated carbocycles. The van der Waals surface area contributed by atoms with Gasteiger partial charge >= 0.3 is 0 Å². The fourth-order valence-corrected chi connectivity index (χ4v) is 4.53. The third-order valence-corrected chi connectivity index (χ3v) is 6.08. The van der Waals surface area contributed by atoms with Gasteiger partial charge in [0.15, 0.2) is 21.5 Å². The Morgan fingerprint density at radius 3 is 2.73 bits per heavy atom. The van der Waals surface area contributed by atoms with Crippen molar-refractivity contribution >= 4 is 15.7 Å². The van der Waals surface area contributed by atoms with Gasteiger partial charge in [-0.05, 0) is 24.6 Å². The Hall–Kier alpha value is -2.29. The van der Waals surface area contributed by atoms with Crippen molar-refractivity contribution in [1.29, 1.82) is 0 Å². The van der Waals surface area contributed by atoms with Gasteiger partial charge in [-0.2, -0.15) is 5.10 Å². The molecule has 1 aliphatic rings. The van der Waals surface area contributed by atoms with Crippen molar-refractivity contribution in [2.24, 2.45) is 0 Å². The summed E-state index contributed by atoms with van der Waals surface area (Å²) in [5.74, 6) is -2.62. The first kappa shape index (κ1) is 18.5. The van der Waals surface area contributed by atoms with Crippen LogP contribution in [0, 0.1) is 11.6 Å². The van der Waals surface area contributed by atoms with Crippen LogP contribution in [0.2, 0.25) is 0 Å². The van der Waals surface area contributed by atoms with Crippen molar-refractivity contribution in [2.45, 2.75) is 25.9 Å². The maximum atomic E-state index is 13.4. The molecule has 1 aliphatic heterocycles. The normalized spacial score (nSPS) is 19.5. The summed E-state index contributed by atoms with van der Waals surface area (Å²) in [7, 11) is -3.27. The van der Waals surface area contributed by atoms with Crippen LogP contribution in [-0.2, 0) is 27.6 Å². The van der Waals surface area contributed by atoms with Crippen LogP contribution in [0.25, 0.3) is 0 Å². The van der Waals surface area contributed by atoms with Crippen LogP contribution in [0.1, 0.15) is 24.1 Å². The lowest BCUT2D eigenvalue weighted by molar-refractivity contribution is -0.132. The number of amides is 1. The van der Waals surface area contributed by atoms with Gasteiger partial charge in [0.05, 0.1) is 30.2 Å². The zero-order valence-electron chi connectivity index (χ0n) is 14.2. The molecular weight excluding hydrogens is 364 g/mol. The van der Waals surface area contributed by atoms with Crippen LogP contribution in [-0.4, -0.2) is 47.1 Å². The maximum Gasteiger partial charge on any atom is 0.227 e. The Labute approximate surface area is 150 Å². The smallest absolute Gasteiger partial charge is 0.227 e. The molecule has 0 unspecified atom stereocenters. The van der Waals surface area contributed by atoms with E-state index in [4.69, 9.17) is 0 Å². The van der Waals surface area contributed by atoms with E-state index in [-0.39, 0.29) is 30.4 Å². The van der Waals surface area contributed by atoms with E-state index in [0.29, 0.717) is 17.7 Å². The van der Waals surface area contributed by atoms with E-state index in [2.05, 4.69) is 5.10 Å². The molecule has 1 aromatic heterocycles. The first-order valence-electron chi connectivity index (χ1n) is 8.25. The number of benzene rings is 1. The third-order valence-electron chi connectivity index (χ3n) is 4.45. The Morgan fingerprint density at radius 1 is 1.31 bits per heavy atom. The molecule has 6 nitrogen and oxygen atoms in total. The minimum atomic E-state index is -3.27. The van der Waals surface area contributed by atoms with Crippen LogP contribution >= 0.6 is 0 Å². The molecule has 3 rings (SSSR count). The number of rotatable bonds is 4. The Morgan fingerprint density at radius 2 is 2.08 bits per heavy atom. The Balaban J connectivity index is 1.84. The van der Waals surface area contributed by atoms with Gasteiger partial charge in [-0.25, -0.2) is 17.2 Å². The molecule has 1 saturated heterocycles. The molecule has 0 aliphatic carbocycles. The average Bonchev–Trinajstić information content (AvgIpc) is 3.06. The molecule has 0 radical (unpaired) electrons. The van der Waals surface area contributed by atoms with Crippen LogP contribution in [0.4, 0.5) is 8.78 Å². The van der Waals surface area contributed by atoms with Gasteiger partial charge in [-0.3, -0.25) is 9.48 Å². The van der Waals surface area contributed by atoms with Gasteiger partial charge < -0.3 is 4.90 Å². The number of carbonyl (C=O) groups is 1.